The number of carbonyl (C=O) groups excluding carboxylic acids is 2. The Hall–Kier alpha value is -4.00. The number of furan rings is 1. The van der Waals surface area contributed by atoms with Crippen molar-refractivity contribution < 1.29 is 23.5 Å². The summed E-state index contributed by atoms with van der Waals surface area (Å²) < 4.78 is 15.9. The molecule has 1 aromatic heterocycles. The van der Waals surface area contributed by atoms with Gasteiger partial charge < -0.3 is 24.5 Å². The van der Waals surface area contributed by atoms with Gasteiger partial charge in [-0.15, -0.1) is 0 Å². The van der Waals surface area contributed by atoms with Crippen LogP contribution in [0.25, 0.3) is 6.08 Å². The van der Waals surface area contributed by atoms with Crippen LogP contribution in [0.2, 0.25) is 0 Å². The Kier molecular flexibility index (Phi) is 7.48. The fourth-order valence-electron chi connectivity index (χ4n) is 2.84. The lowest BCUT2D eigenvalue weighted by molar-refractivity contribution is -0.116. The van der Waals surface area contributed by atoms with Crippen LogP contribution in [0.5, 0.6) is 11.5 Å². The third-order valence-electron chi connectivity index (χ3n) is 4.31. The van der Waals surface area contributed by atoms with Crippen LogP contribution in [0.1, 0.15) is 28.6 Å². The number of amides is 2. The largest absolute Gasteiger partial charge is 0.493 e. The van der Waals surface area contributed by atoms with Crippen molar-refractivity contribution in [3.05, 3.63) is 83.8 Å². The number of rotatable bonds is 9. The van der Waals surface area contributed by atoms with Crippen molar-refractivity contribution in [2.24, 2.45) is 0 Å². The topological polar surface area (TPSA) is 89.8 Å². The molecular formula is C24H24N2O5. The number of hydrogen-bond acceptors (Lipinski definition) is 5. The Balaban J connectivity index is 1.55. The van der Waals surface area contributed by atoms with Crippen LogP contribution in [0.3, 0.4) is 0 Å². The summed E-state index contributed by atoms with van der Waals surface area (Å²) in [6.07, 6.45) is 4.60. The van der Waals surface area contributed by atoms with E-state index in [9.17, 15) is 9.59 Å². The maximum atomic E-state index is 12.2. The van der Waals surface area contributed by atoms with Crippen molar-refractivity contribution >= 4 is 23.6 Å². The fourth-order valence-corrected chi connectivity index (χ4v) is 2.84. The average Bonchev–Trinajstić information content (AvgIpc) is 3.32. The van der Waals surface area contributed by atoms with E-state index in [0.717, 1.165) is 11.1 Å². The van der Waals surface area contributed by atoms with Gasteiger partial charge in [-0.05, 0) is 60.5 Å². The number of benzene rings is 2. The summed E-state index contributed by atoms with van der Waals surface area (Å²) in [6.45, 7) is 2.77. The maximum absolute atomic E-state index is 12.2. The zero-order chi connectivity index (χ0) is 22.1. The van der Waals surface area contributed by atoms with Crippen LogP contribution >= 0.6 is 0 Å². The minimum atomic E-state index is -0.333. The van der Waals surface area contributed by atoms with Gasteiger partial charge in [-0.25, -0.2) is 0 Å². The number of anilines is 1. The summed E-state index contributed by atoms with van der Waals surface area (Å²) in [5, 5.41) is 5.59. The molecule has 0 unspecified atom stereocenters. The van der Waals surface area contributed by atoms with E-state index in [4.69, 9.17) is 13.9 Å². The Morgan fingerprint density at radius 2 is 1.94 bits per heavy atom. The summed E-state index contributed by atoms with van der Waals surface area (Å²) in [5.41, 5.74) is 2.28. The molecule has 31 heavy (non-hydrogen) atoms. The molecule has 3 rings (SSSR count). The molecule has 160 valence electrons. The first kappa shape index (κ1) is 21.7. The molecule has 3 aromatic rings. The van der Waals surface area contributed by atoms with Crippen LogP contribution < -0.4 is 20.1 Å². The van der Waals surface area contributed by atoms with E-state index in [1.807, 2.05) is 25.1 Å². The van der Waals surface area contributed by atoms with Gasteiger partial charge >= 0.3 is 0 Å². The Bertz CT molecular complexity index is 1060. The SMILES string of the molecule is CCOc1ccc(/C=C/C(=O)NCc2cccc(NC(=O)c3ccco3)c2)cc1OC. The molecule has 0 atom stereocenters. The van der Waals surface area contributed by atoms with Gasteiger partial charge in [0.2, 0.25) is 5.91 Å². The summed E-state index contributed by atoms with van der Waals surface area (Å²) in [4.78, 5) is 24.3. The van der Waals surface area contributed by atoms with Gasteiger partial charge in [0.15, 0.2) is 17.3 Å². The summed E-state index contributed by atoms with van der Waals surface area (Å²) >= 11 is 0. The molecule has 0 saturated carbocycles. The second-order valence-electron chi connectivity index (χ2n) is 6.53. The van der Waals surface area contributed by atoms with Crippen molar-refractivity contribution in [1.29, 1.82) is 0 Å². The number of carbonyl (C=O) groups is 2. The summed E-state index contributed by atoms with van der Waals surface area (Å²) in [5.74, 6) is 0.927. The number of methoxy groups -OCH3 is 1. The van der Waals surface area contributed by atoms with Gasteiger partial charge in [-0.2, -0.15) is 0 Å². The molecule has 2 N–H and O–H groups in total. The van der Waals surface area contributed by atoms with Gasteiger partial charge in [0.05, 0.1) is 20.0 Å². The summed E-state index contributed by atoms with van der Waals surface area (Å²) in [6, 6.07) is 15.9. The van der Waals surface area contributed by atoms with Gasteiger partial charge in [-0.1, -0.05) is 18.2 Å². The van der Waals surface area contributed by atoms with Crippen LogP contribution in [-0.2, 0) is 11.3 Å². The smallest absolute Gasteiger partial charge is 0.291 e. The van der Waals surface area contributed by atoms with E-state index in [1.54, 1.807) is 49.6 Å². The molecule has 2 amide bonds. The molecule has 1 heterocycles. The minimum absolute atomic E-state index is 0.231. The Morgan fingerprint density at radius 1 is 1.06 bits per heavy atom. The third kappa shape index (κ3) is 6.24. The van der Waals surface area contributed by atoms with Crippen molar-refractivity contribution in [1.82, 2.24) is 5.32 Å². The standard InChI is InChI=1S/C24H24N2O5/c1-3-30-20-11-9-17(15-22(20)29-2)10-12-23(27)25-16-18-6-4-7-19(14-18)26-24(28)21-8-5-13-31-21/h4-15H,3,16H2,1-2H3,(H,25,27)(H,26,28)/b12-10+. The van der Waals surface area contributed by atoms with Crippen LogP contribution in [0.15, 0.2) is 71.4 Å². The first-order valence-electron chi connectivity index (χ1n) is 9.79. The zero-order valence-corrected chi connectivity index (χ0v) is 17.4. The zero-order valence-electron chi connectivity index (χ0n) is 17.4. The van der Waals surface area contributed by atoms with E-state index >= 15 is 0 Å². The van der Waals surface area contributed by atoms with Crippen molar-refractivity contribution in [3.8, 4) is 11.5 Å². The van der Waals surface area contributed by atoms with E-state index in [-0.39, 0.29) is 17.6 Å². The van der Waals surface area contributed by atoms with Crippen molar-refractivity contribution in [2.75, 3.05) is 19.0 Å². The van der Waals surface area contributed by atoms with E-state index in [0.29, 0.717) is 30.3 Å². The number of ether oxygens (including phenoxy) is 2. The third-order valence-corrected chi connectivity index (χ3v) is 4.31. The van der Waals surface area contributed by atoms with Crippen molar-refractivity contribution in [3.63, 3.8) is 0 Å². The van der Waals surface area contributed by atoms with E-state index < -0.39 is 0 Å². The lowest BCUT2D eigenvalue weighted by Gasteiger charge is -2.09. The fraction of sp³-hybridized carbons (Fsp3) is 0.167. The van der Waals surface area contributed by atoms with Gasteiger partial charge in [-0.3, -0.25) is 9.59 Å². The molecule has 2 aromatic carbocycles. The van der Waals surface area contributed by atoms with Crippen LogP contribution in [-0.4, -0.2) is 25.5 Å². The Morgan fingerprint density at radius 3 is 2.68 bits per heavy atom. The van der Waals surface area contributed by atoms with E-state index in [2.05, 4.69) is 10.6 Å². The van der Waals surface area contributed by atoms with Crippen LogP contribution in [0.4, 0.5) is 5.69 Å². The second kappa shape index (κ2) is 10.7. The monoisotopic (exact) mass is 420 g/mol. The molecule has 0 radical (unpaired) electrons. The highest BCUT2D eigenvalue weighted by molar-refractivity contribution is 6.02. The average molecular weight is 420 g/mol. The maximum Gasteiger partial charge on any atom is 0.291 e. The molecule has 0 aliphatic rings. The molecule has 0 aliphatic carbocycles. The highest BCUT2D eigenvalue weighted by Gasteiger charge is 2.09. The quantitative estimate of drug-likeness (QED) is 0.505. The molecule has 0 fully saturated rings. The predicted molar refractivity (Wildman–Crippen MR) is 118 cm³/mol. The first-order chi connectivity index (χ1) is 15.1. The Labute approximate surface area is 180 Å². The normalized spacial score (nSPS) is 10.6. The lowest BCUT2D eigenvalue weighted by atomic mass is 10.1. The molecule has 0 saturated heterocycles. The molecular weight excluding hydrogens is 396 g/mol. The van der Waals surface area contributed by atoms with Gasteiger partial charge in [0.25, 0.3) is 5.91 Å². The highest BCUT2D eigenvalue weighted by Crippen LogP contribution is 2.28. The van der Waals surface area contributed by atoms with Gasteiger partial charge in [0.1, 0.15) is 0 Å². The van der Waals surface area contributed by atoms with E-state index in [1.165, 1.54) is 12.3 Å². The van der Waals surface area contributed by atoms with Crippen LogP contribution in [0, 0.1) is 0 Å². The molecule has 0 aliphatic heterocycles. The second-order valence-corrected chi connectivity index (χ2v) is 6.53. The number of hydrogen-bond donors (Lipinski definition) is 2. The van der Waals surface area contributed by atoms with Crippen molar-refractivity contribution in [2.45, 2.75) is 13.5 Å². The summed E-state index contributed by atoms with van der Waals surface area (Å²) in [7, 11) is 1.57. The highest BCUT2D eigenvalue weighted by atomic mass is 16.5. The van der Waals surface area contributed by atoms with Gasteiger partial charge in [0, 0.05) is 18.3 Å². The number of nitrogens with one attached hydrogen (secondary N) is 2. The molecule has 0 spiro atoms. The molecule has 7 nitrogen and oxygen atoms in total. The first-order valence-corrected chi connectivity index (χ1v) is 9.79. The molecule has 7 heteroatoms. The lowest BCUT2D eigenvalue weighted by Crippen LogP contribution is -2.20. The minimum Gasteiger partial charge on any atom is -0.493 e. The predicted octanol–water partition coefficient (Wildman–Crippen LogP) is 4.27. The molecule has 0 bridgehead atoms.